The van der Waals surface area contributed by atoms with Crippen molar-refractivity contribution in [3.05, 3.63) is 28.7 Å². The highest BCUT2D eigenvalue weighted by Gasteiger charge is 2.30. The summed E-state index contributed by atoms with van der Waals surface area (Å²) in [5.41, 5.74) is 16.6. The predicted octanol–water partition coefficient (Wildman–Crippen LogP) is 1.11. The van der Waals surface area contributed by atoms with Crippen molar-refractivity contribution in [3.8, 4) is 0 Å². The van der Waals surface area contributed by atoms with E-state index in [0.29, 0.717) is 17.9 Å². The van der Waals surface area contributed by atoms with Gasteiger partial charge in [0.1, 0.15) is 5.82 Å². The Hall–Kier alpha value is -2.15. The minimum atomic E-state index is 0.301. The molecule has 7 heteroatoms. The second kappa shape index (κ2) is 5.49. The Morgan fingerprint density at radius 3 is 2.91 bits per heavy atom. The van der Waals surface area contributed by atoms with Crippen LogP contribution >= 0.6 is 0 Å². The number of nitrogen functional groups attached to an aromatic ring is 1. The summed E-state index contributed by atoms with van der Waals surface area (Å²) in [5.74, 6) is 1.70. The number of rotatable bonds is 3. The van der Waals surface area contributed by atoms with Gasteiger partial charge in [0.2, 0.25) is 5.95 Å². The van der Waals surface area contributed by atoms with E-state index in [1.54, 1.807) is 0 Å². The molecule has 1 saturated carbocycles. The molecule has 5 N–H and O–H groups in total. The lowest BCUT2D eigenvalue weighted by Crippen LogP contribution is -2.36. The van der Waals surface area contributed by atoms with Crippen molar-refractivity contribution in [2.45, 2.75) is 51.1 Å². The Kier molecular flexibility index (Phi) is 3.45. The molecule has 2 aliphatic rings. The fourth-order valence-electron chi connectivity index (χ4n) is 3.59. The van der Waals surface area contributed by atoms with E-state index in [0.717, 1.165) is 56.0 Å². The van der Waals surface area contributed by atoms with Gasteiger partial charge in [-0.2, -0.15) is 10.1 Å². The van der Waals surface area contributed by atoms with Gasteiger partial charge in [0, 0.05) is 48.8 Å². The van der Waals surface area contributed by atoms with Gasteiger partial charge in [-0.05, 0) is 19.3 Å². The second-order valence-corrected chi connectivity index (χ2v) is 6.59. The van der Waals surface area contributed by atoms with E-state index in [1.807, 2.05) is 0 Å². The summed E-state index contributed by atoms with van der Waals surface area (Å²) < 4.78 is 0. The third-order valence-corrected chi connectivity index (χ3v) is 5.02. The van der Waals surface area contributed by atoms with Crippen LogP contribution in [0.15, 0.2) is 6.07 Å². The number of nitrogens with zero attached hydrogens (tertiary/aromatic N) is 4. The number of nitrogens with one attached hydrogen (secondary N) is 1. The van der Waals surface area contributed by atoms with Gasteiger partial charge < -0.3 is 16.4 Å². The molecule has 0 saturated heterocycles. The van der Waals surface area contributed by atoms with Gasteiger partial charge >= 0.3 is 0 Å². The smallest absolute Gasteiger partial charge is 0.222 e. The number of hydrogen-bond acceptors (Lipinski definition) is 6. The van der Waals surface area contributed by atoms with Crippen LogP contribution in [-0.4, -0.2) is 32.8 Å². The van der Waals surface area contributed by atoms with Crippen LogP contribution in [0.1, 0.15) is 48.3 Å². The van der Waals surface area contributed by atoms with Crippen molar-refractivity contribution in [2.24, 2.45) is 5.73 Å². The maximum atomic E-state index is 5.95. The summed E-state index contributed by atoms with van der Waals surface area (Å²) in [6, 6.07) is 2.39. The number of aromatic nitrogens is 4. The molecule has 1 fully saturated rings. The molecule has 2 aromatic rings. The number of fused-ring (bicyclic) bond motifs is 1. The molecule has 0 spiro atoms. The molecular weight excluding hydrogens is 290 g/mol. The summed E-state index contributed by atoms with van der Waals surface area (Å²) >= 11 is 0. The van der Waals surface area contributed by atoms with Crippen LogP contribution < -0.4 is 16.4 Å². The van der Waals surface area contributed by atoms with Crippen LogP contribution in [0.5, 0.6) is 0 Å². The van der Waals surface area contributed by atoms with Crippen LogP contribution in [0, 0.1) is 0 Å². The first-order valence-corrected chi connectivity index (χ1v) is 8.34. The van der Waals surface area contributed by atoms with Crippen LogP contribution in [0.2, 0.25) is 0 Å². The van der Waals surface area contributed by atoms with Gasteiger partial charge in [0.15, 0.2) is 0 Å². The average molecular weight is 313 g/mol. The summed E-state index contributed by atoms with van der Waals surface area (Å²) in [5, 5.41) is 7.58. The van der Waals surface area contributed by atoms with E-state index >= 15 is 0 Å². The van der Waals surface area contributed by atoms with Gasteiger partial charge in [0.05, 0.1) is 11.4 Å². The summed E-state index contributed by atoms with van der Waals surface area (Å²) in [7, 11) is 0. The normalized spacial score (nSPS) is 23.5. The third-order valence-electron chi connectivity index (χ3n) is 5.02. The highest BCUT2D eigenvalue weighted by molar-refractivity contribution is 5.48. The minimum absolute atomic E-state index is 0.301. The van der Waals surface area contributed by atoms with Crippen molar-refractivity contribution in [1.82, 2.24) is 20.2 Å². The summed E-state index contributed by atoms with van der Waals surface area (Å²) in [4.78, 5) is 11.2. The van der Waals surface area contributed by atoms with Gasteiger partial charge in [-0.15, -0.1) is 0 Å². The molecule has 0 atom stereocenters. The van der Waals surface area contributed by atoms with Crippen LogP contribution in [0.4, 0.5) is 11.8 Å². The molecule has 2 aromatic heterocycles. The zero-order chi connectivity index (χ0) is 16.0. The number of H-pyrrole nitrogens is 1. The Bertz CT molecular complexity index is 704. The van der Waals surface area contributed by atoms with E-state index in [2.05, 4.69) is 38.1 Å². The highest BCUT2D eigenvalue weighted by atomic mass is 15.2. The van der Waals surface area contributed by atoms with Gasteiger partial charge in [0.25, 0.3) is 0 Å². The summed E-state index contributed by atoms with van der Waals surface area (Å²) in [6.45, 7) is 3.88. The first kappa shape index (κ1) is 14.4. The Balaban J connectivity index is 1.61. The molecular formula is C16H23N7. The molecule has 0 unspecified atom stereocenters. The largest absolute Gasteiger partial charge is 0.368 e. The molecule has 122 valence electrons. The van der Waals surface area contributed by atoms with E-state index < -0.39 is 0 Å². The van der Waals surface area contributed by atoms with Crippen LogP contribution in [0.25, 0.3) is 0 Å². The van der Waals surface area contributed by atoms with Gasteiger partial charge in [-0.25, -0.2) is 4.98 Å². The van der Waals surface area contributed by atoms with Crippen LogP contribution in [-0.2, 0) is 19.4 Å². The highest BCUT2D eigenvalue weighted by Crippen LogP contribution is 2.36. The van der Waals surface area contributed by atoms with Gasteiger partial charge in [-0.3, -0.25) is 5.10 Å². The van der Waals surface area contributed by atoms with E-state index in [1.165, 1.54) is 11.3 Å². The summed E-state index contributed by atoms with van der Waals surface area (Å²) in [6.07, 6.45) is 3.87. The predicted molar refractivity (Wildman–Crippen MR) is 89.1 cm³/mol. The second-order valence-electron chi connectivity index (χ2n) is 6.59. The van der Waals surface area contributed by atoms with Crippen LogP contribution in [0.3, 0.4) is 0 Å². The third kappa shape index (κ3) is 2.55. The molecule has 23 heavy (non-hydrogen) atoms. The Labute approximate surface area is 135 Å². The van der Waals surface area contributed by atoms with Crippen molar-refractivity contribution < 1.29 is 0 Å². The lowest BCUT2D eigenvalue weighted by atomic mass is 9.78. The van der Waals surface area contributed by atoms with Crippen molar-refractivity contribution in [3.63, 3.8) is 0 Å². The molecule has 1 aliphatic heterocycles. The van der Waals surface area contributed by atoms with E-state index in [-0.39, 0.29) is 0 Å². The number of nitrogens with two attached hydrogens (primary N) is 2. The fourth-order valence-corrected chi connectivity index (χ4v) is 3.59. The Morgan fingerprint density at radius 1 is 1.35 bits per heavy atom. The zero-order valence-electron chi connectivity index (χ0n) is 13.4. The number of anilines is 2. The molecule has 0 bridgehead atoms. The molecule has 7 nitrogen and oxygen atoms in total. The standard InChI is InChI=1S/C16H23N7/c1-2-12-11-8-23(4-3-13(11)22-21-12)15-7-14(19-16(18)20-15)9-5-10(17)6-9/h7,9-10H,2-6,8,17H2,1H3,(H,21,22)(H2,18,19,20). The average Bonchev–Trinajstić information content (AvgIpc) is 2.93. The van der Waals surface area contributed by atoms with E-state index in [9.17, 15) is 0 Å². The minimum Gasteiger partial charge on any atom is -0.368 e. The lowest BCUT2D eigenvalue weighted by Gasteiger charge is -2.33. The fraction of sp³-hybridized carbons (Fsp3) is 0.562. The molecule has 3 heterocycles. The number of aromatic amines is 1. The Morgan fingerprint density at radius 2 is 2.17 bits per heavy atom. The monoisotopic (exact) mass is 313 g/mol. The quantitative estimate of drug-likeness (QED) is 0.783. The van der Waals surface area contributed by atoms with Crippen molar-refractivity contribution >= 4 is 11.8 Å². The van der Waals surface area contributed by atoms with E-state index in [4.69, 9.17) is 11.5 Å². The van der Waals surface area contributed by atoms with Crippen molar-refractivity contribution in [2.75, 3.05) is 17.2 Å². The number of hydrogen-bond donors (Lipinski definition) is 3. The first-order chi connectivity index (χ1) is 11.1. The van der Waals surface area contributed by atoms with Crippen molar-refractivity contribution in [1.29, 1.82) is 0 Å². The molecule has 4 rings (SSSR count). The maximum absolute atomic E-state index is 5.95. The first-order valence-electron chi connectivity index (χ1n) is 8.34. The lowest BCUT2D eigenvalue weighted by molar-refractivity contribution is 0.345. The molecule has 0 aromatic carbocycles. The SMILES string of the molecule is CCc1n[nH]c2c1CN(c1cc(C3CC(N)C3)nc(N)n1)CC2. The number of aryl methyl sites for hydroxylation is 1. The molecule has 0 amide bonds. The molecule has 1 aliphatic carbocycles. The maximum Gasteiger partial charge on any atom is 0.222 e. The topological polar surface area (TPSA) is 110 Å². The molecule has 0 radical (unpaired) electrons. The van der Waals surface area contributed by atoms with Gasteiger partial charge in [-0.1, -0.05) is 6.92 Å². The zero-order valence-corrected chi connectivity index (χ0v) is 13.4.